The van der Waals surface area contributed by atoms with Crippen LogP contribution in [-0.2, 0) is 11.8 Å². The number of hydrogen-bond acceptors (Lipinski definition) is 8. The molecule has 10 heteroatoms. The number of carbonyl (C=O) groups is 2. The number of rotatable bonds is 10. The van der Waals surface area contributed by atoms with Crippen molar-refractivity contribution < 1.29 is 14.3 Å². The molecule has 10 nitrogen and oxygen atoms in total. The van der Waals surface area contributed by atoms with E-state index in [1.54, 1.807) is 43.2 Å². The maximum absolute atomic E-state index is 13.1. The molecule has 3 aromatic rings. The number of amides is 1. The first-order valence-electron chi connectivity index (χ1n) is 12.0. The van der Waals surface area contributed by atoms with Crippen LogP contribution in [0.2, 0.25) is 0 Å². The largest absolute Gasteiger partial charge is 0.494 e. The Bertz CT molecular complexity index is 1270. The number of benzene rings is 1. The van der Waals surface area contributed by atoms with Crippen LogP contribution in [-0.4, -0.2) is 71.1 Å². The normalized spacial score (nSPS) is 16.6. The molecule has 36 heavy (non-hydrogen) atoms. The number of pyridine rings is 1. The summed E-state index contributed by atoms with van der Waals surface area (Å²) in [5, 5.41) is 7.73. The van der Waals surface area contributed by atoms with Gasteiger partial charge < -0.3 is 15.0 Å². The summed E-state index contributed by atoms with van der Waals surface area (Å²) in [6.45, 7) is 2.69. The van der Waals surface area contributed by atoms with Gasteiger partial charge in [-0.3, -0.25) is 19.2 Å². The summed E-state index contributed by atoms with van der Waals surface area (Å²) < 4.78 is 7.34. The van der Waals surface area contributed by atoms with E-state index in [4.69, 9.17) is 4.74 Å². The minimum Gasteiger partial charge on any atom is -0.494 e. The minimum atomic E-state index is -0.0553. The molecule has 0 bridgehead atoms. The number of carbonyl (C=O) groups excluding carboxylic acids is 2. The van der Waals surface area contributed by atoms with Gasteiger partial charge in [0, 0.05) is 45.2 Å². The highest BCUT2D eigenvalue weighted by Crippen LogP contribution is 2.41. The second-order valence-electron chi connectivity index (χ2n) is 9.38. The molecule has 4 rings (SSSR count). The summed E-state index contributed by atoms with van der Waals surface area (Å²) in [7, 11) is 9.14. The highest BCUT2D eigenvalue weighted by Gasteiger charge is 2.44. The Balaban J connectivity index is 1.66. The molecule has 0 radical (unpaired) electrons. The zero-order valence-corrected chi connectivity index (χ0v) is 21.6. The van der Waals surface area contributed by atoms with Gasteiger partial charge in [0.05, 0.1) is 29.6 Å². The Morgan fingerprint density at radius 1 is 1.19 bits per heavy atom. The number of methoxy groups -OCH3 is 1. The summed E-state index contributed by atoms with van der Waals surface area (Å²) in [6, 6.07) is 7.35. The van der Waals surface area contributed by atoms with Gasteiger partial charge in [-0.15, -0.1) is 0 Å². The quantitative estimate of drug-likeness (QED) is 0.430. The van der Waals surface area contributed by atoms with Crippen molar-refractivity contribution in [2.75, 3.05) is 45.0 Å². The molecule has 1 N–H and O–H groups in total. The molecule has 1 amide bonds. The molecular weight excluding hydrogens is 458 g/mol. The van der Waals surface area contributed by atoms with Gasteiger partial charge in [-0.05, 0) is 38.6 Å². The second kappa shape index (κ2) is 10.4. The van der Waals surface area contributed by atoms with E-state index >= 15 is 0 Å². The van der Waals surface area contributed by atoms with Gasteiger partial charge in [0.1, 0.15) is 12.1 Å². The summed E-state index contributed by atoms with van der Waals surface area (Å²) >= 11 is 0. The van der Waals surface area contributed by atoms with E-state index in [1.165, 1.54) is 6.20 Å². The number of para-hydroxylation sites is 1. The van der Waals surface area contributed by atoms with E-state index in [0.717, 1.165) is 13.0 Å². The lowest BCUT2D eigenvalue weighted by molar-refractivity contribution is -0.119. The van der Waals surface area contributed by atoms with E-state index in [9.17, 15) is 9.59 Å². The van der Waals surface area contributed by atoms with E-state index in [1.807, 2.05) is 39.2 Å². The third kappa shape index (κ3) is 5.23. The molecule has 0 unspecified atom stereocenters. The van der Waals surface area contributed by atoms with E-state index in [0.29, 0.717) is 52.2 Å². The van der Waals surface area contributed by atoms with Crippen LogP contribution in [0.15, 0.2) is 36.8 Å². The molecule has 2 heterocycles. The van der Waals surface area contributed by atoms with Crippen molar-refractivity contribution in [3.8, 4) is 17.1 Å². The number of nitrogens with zero attached hydrogens (tertiary/aromatic N) is 6. The predicted octanol–water partition coefficient (Wildman–Crippen LogP) is 3.38. The molecule has 190 valence electrons. The maximum Gasteiger partial charge on any atom is 0.231 e. The number of ether oxygens (including phenoxy) is 1. The van der Waals surface area contributed by atoms with Gasteiger partial charge in [0.2, 0.25) is 5.91 Å². The summed E-state index contributed by atoms with van der Waals surface area (Å²) in [5.41, 5.74) is 2.36. The molecule has 0 saturated heterocycles. The van der Waals surface area contributed by atoms with E-state index < -0.39 is 0 Å². The van der Waals surface area contributed by atoms with Gasteiger partial charge in [-0.1, -0.05) is 13.0 Å². The highest BCUT2D eigenvalue weighted by molar-refractivity contribution is 6.03. The SMILES string of the molecule is CCC(=O)c1cnc(N(C)C(=O)[C@@H]2C[C@H]2CN(C)C)cc1Nc1cccc(-c2ncn(C)n2)c1OC. The Labute approximate surface area is 211 Å². The molecule has 1 fully saturated rings. The van der Waals surface area contributed by atoms with Crippen molar-refractivity contribution in [2.24, 2.45) is 18.9 Å². The van der Waals surface area contributed by atoms with Crippen LogP contribution in [0, 0.1) is 11.8 Å². The fraction of sp³-hybridized carbons (Fsp3) is 0.423. The Hall–Kier alpha value is -3.79. The van der Waals surface area contributed by atoms with Crippen LogP contribution in [0.4, 0.5) is 17.2 Å². The van der Waals surface area contributed by atoms with Crippen LogP contribution >= 0.6 is 0 Å². The van der Waals surface area contributed by atoms with Crippen molar-refractivity contribution >= 4 is 28.9 Å². The fourth-order valence-corrected chi connectivity index (χ4v) is 4.37. The van der Waals surface area contributed by atoms with Crippen LogP contribution in [0.25, 0.3) is 11.4 Å². The van der Waals surface area contributed by atoms with Crippen molar-refractivity contribution in [2.45, 2.75) is 19.8 Å². The molecule has 2 atom stereocenters. The lowest BCUT2D eigenvalue weighted by Gasteiger charge is -2.20. The van der Waals surface area contributed by atoms with Crippen LogP contribution in [0.5, 0.6) is 5.75 Å². The Morgan fingerprint density at radius 3 is 2.61 bits per heavy atom. The zero-order valence-electron chi connectivity index (χ0n) is 21.6. The third-order valence-electron chi connectivity index (χ3n) is 6.35. The monoisotopic (exact) mass is 491 g/mol. The first-order chi connectivity index (χ1) is 17.2. The van der Waals surface area contributed by atoms with Crippen molar-refractivity contribution in [1.82, 2.24) is 24.6 Å². The number of aryl methyl sites for hydroxylation is 1. The first kappa shape index (κ1) is 25.3. The molecule has 1 saturated carbocycles. The average molecular weight is 492 g/mol. The predicted molar refractivity (Wildman–Crippen MR) is 139 cm³/mol. The number of ketones is 1. The number of hydrogen-bond donors (Lipinski definition) is 1. The summed E-state index contributed by atoms with van der Waals surface area (Å²) in [6.07, 6.45) is 4.37. The van der Waals surface area contributed by atoms with Crippen LogP contribution in [0.1, 0.15) is 30.1 Å². The molecule has 0 spiro atoms. The third-order valence-corrected chi connectivity index (χ3v) is 6.35. The molecule has 1 aromatic carbocycles. The van der Waals surface area contributed by atoms with Crippen molar-refractivity contribution in [3.63, 3.8) is 0 Å². The fourth-order valence-electron chi connectivity index (χ4n) is 4.37. The minimum absolute atomic E-state index is 0.00444. The smallest absolute Gasteiger partial charge is 0.231 e. The zero-order chi connectivity index (χ0) is 26.0. The summed E-state index contributed by atoms with van der Waals surface area (Å²) in [5.74, 6) is 1.89. The highest BCUT2D eigenvalue weighted by atomic mass is 16.5. The lowest BCUT2D eigenvalue weighted by Crippen LogP contribution is -2.30. The number of Topliss-reactive ketones (excluding diaryl/α,β-unsaturated/α-hetero) is 1. The van der Waals surface area contributed by atoms with Crippen LogP contribution in [0.3, 0.4) is 0 Å². The standard InChI is InChI=1S/C26H33N7O3/c1-7-22(34)19-13-27-23(33(5)26(35)18-11-16(18)14-31(2)3)12-21(19)29-20-10-8-9-17(24(20)36-6)25-28-15-32(4)30-25/h8-10,12-13,15-16,18H,7,11,14H2,1-6H3,(H,27,29)/t16-,18+/m0/s1. The van der Waals surface area contributed by atoms with Crippen LogP contribution < -0.4 is 15.0 Å². The number of aromatic nitrogens is 4. The second-order valence-corrected chi connectivity index (χ2v) is 9.38. The number of anilines is 3. The van der Waals surface area contributed by atoms with E-state index in [-0.39, 0.29) is 17.6 Å². The lowest BCUT2D eigenvalue weighted by atomic mass is 10.1. The van der Waals surface area contributed by atoms with E-state index in [2.05, 4.69) is 25.3 Å². The topological polar surface area (TPSA) is 105 Å². The van der Waals surface area contributed by atoms with Gasteiger partial charge in [0.25, 0.3) is 0 Å². The molecular formula is C26H33N7O3. The van der Waals surface area contributed by atoms with Gasteiger partial charge >= 0.3 is 0 Å². The van der Waals surface area contributed by atoms with Gasteiger partial charge in [-0.25, -0.2) is 9.97 Å². The first-order valence-corrected chi connectivity index (χ1v) is 12.0. The molecule has 0 aliphatic heterocycles. The Kier molecular flexibility index (Phi) is 7.35. The maximum atomic E-state index is 13.1. The van der Waals surface area contributed by atoms with Crippen molar-refractivity contribution in [1.29, 1.82) is 0 Å². The van der Waals surface area contributed by atoms with Gasteiger partial charge in [-0.2, -0.15) is 5.10 Å². The molecule has 1 aliphatic carbocycles. The average Bonchev–Trinajstić information content (AvgIpc) is 3.49. The Morgan fingerprint density at radius 2 is 1.97 bits per heavy atom. The molecule has 1 aliphatic rings. The summed E-state index contributed by atoms with van der Waals surface area (Å²) in [4.78, 5) is 38.3. The van der Waals surface area contributed by atoms with Gasteiger partial charge in [0.15, 0.2) is 17.4 Å². The van der Waals surface area contributed by atoms with Crippen molar-refractivity contribution in [3.05, 3.63) is 42.4 Å². The number of nitrogens with one attached hydrogen (secondary N) is 1. The molecule has 2 aromatic heterocycles.